The van der Waals surface area contributed by atoms with Crippen molar-refractivity contribution in [2.45, 2.75) is 13.8 Å². The summed E-state index contributed by atoms with van der Waals surface area (Å²) in [6, 6.07) is 18.2. The van der Waals surface area contributed by atoms with Gasteiger partial charge in [-0.15, -0.1) is 10.2 Å². The molecule has 1 aromatic heterocycles. The van der Waals surface area contributed by atoms with Gasteiger partial charge in [-0.1, -0.05) is 29.3 Å². The number of rotatable bonds is 4. The number of aromatic nitrogens is 3. The Labute approximate surface area is 175 Å². The van der Waals surface area contributed by atoms with Crippen LogP contribution in [0.2, 0.25) is 5.02 Å². The highest BCUT2D eigenvalue weighted by Gasteiger charge is 2.11. The fraction of sp³-hybridized carbons (Fsp3) is 0.174. The Morgan fingerprint density at radius 3 is 2.55 bits per heavy atom. The van der Waals surface area contributed by atoms with Crippen LogP contribution in [0, 0.1) is 13.8 Å². The number of halogens is 1. The third-order valence-electron chi connectivity index (χ3n) is 4.80. The Kier molecular flexibility index (Phi) is 5.07. The third-order valence-corrected chi connectivity index (χ3v) is 5.13. The van der Waals surface area contributed by atoms with Crippen molar-refractivity contribution in [2.75, 3.05) is 24.3 Å². The molecule has 0 radical (unpaired) electrons. The van der Waals surface area contributed by atoms with Crippen molar-refractivity contribution in [1.29, 1.82) is 0 Å². The quantitative estimate of drug-likeness (QED) is 0.468. The zero-order chi connectivity index (χ0) is 20.5. The Morgan fingerprint density at radius 1 is 0.931 bits per heavy atom. The molecule has 29 heavy (non-hydrogen) atoms. The van der Waals surface area contributed by atoms with E-state index in [4.69, 9.17) is 11.6 Å². The summed E-state index contributed by atoms with van der Waals surface area (Å²) in [7, 11) is 4.02. The highest BCUT2D eigenvalue weighted by atomic mass is 35.5. The van der Waals surface area contributed by atoms with E-state index in [0.29, 0.717) is 11.0 Å². The van der Waals surface area contributed by atoms with Gasteiger partial charge in [0.05, 0.1) is 5.52 Å². The predicted octanol–water partition coefficient (Wildman–Crippen LogP) is 5.77. The van der Waals surface area contributed by atoms with Crippen molar-refractivity contribution in [3.63, 3.8) is 0 Å². The molecule has 0 atom stereocenters. The fourth-order valence-corrected chi connectivity index (χ4v) is 3.50. The van der Waals surface area contributed by atoms with Gasteiger partial charge in [-0.05, 0) is 67.4 Å². The molecular formula is C23H22ClN5. The van der Waals surface area contributed by atoms with Gasteiger partial charge in [0.25, 0.3) is 0 Å². The summed E-state index contributed by atoms with van der Waals surface area (Å²) in [5.74, 6) is 0.470. The number of nitrogens with zero attached hydrogens (tertiary/aromatic N) is 4. The van der Waals surface area contributed by atoms with Crippen molar-refractivity contribution >= 4 is 40.0 Å². The first-order chi connectivity index (χ1) is 13.9. The Morgan fingerprint density at radius 2 is 1.76 bits per heavy atom. The van der Waals surface area contributed by atoms with Crippen LogP contribution in [0.25, 0.3) is 22.2 Å². The minimum Gasteiger partial charge on any atom is -0.378 e. The molecule has 0 bridgehead atoms. The summed E-state index contributed by atoms with van der Waals surface area (Å²) in [5.41, 5.74) is 7.75. The van der Waals surface area contributed by atoms with E-state index in [1.165, 1.54) is 0 Å². The minimum atomic E-state index is 0.470. The maximum atomic E-state index is 6.42. The van der Waals surface area contributed by atoms with Crippen LogP contribution >= 0.6 is 11.6 Å². The van der Waals surface area contributed by atoms with E-state index >= 15 is 0 Å². The molecule has 0 aliphatic rings. The molecule has 0 saturated carbocycles. The Bertz CT molecular complexity index is 1200. The van der Waals surface area contributed by atoms with Crippen molar-refractivity contribution in [3.8, 4) is 11.1 Å². The molecule has 5 nitrogen and oxygen atoms in total. The van der Waals surface area contributed by atoms with E-state index < -0.39 is 0 Å². The zero-order valence-corrected chi connectivity index (χ0v) is 17.6. The van der Waals surface area contributed by atoms with Crippen LogP contribution in [-0.4, -0.2) is 29.3 Å². The lowest BCUT2D eigenvalue weighted by Gasteiger charge is -2.14. The van der Waals surface area contributed by atoms with E-state index in [2.05, 4.69) is 39.6 Å². The van der Waals surface area contributed by atoms with Crippen LogP contribution < -0.4 is 10.2 Å². The lowest BCUT2D eigenvalue weighted by Crippen LogP contribution is -2.08. The average molecular weight is 404 g/mol. The molecule has 146 valence electrons. The first kappa shape index (κ1) is 19.2. The van der Waals surface area contributed by atoms with Gasteiger partial charge in [-0.2, -0.15) is 0 Å². The highest BCUT2D eigenvalue weighted by molar-refractivity contribution is 6.33. The number of hydrogen-bond donors (Lipinski definition) is 1. The number of nitrogens with one attached hydrogen (secondary N) is 1. The van der Waals surface area contributed by atoms with Gasteiger partial charge in [0.2, 0.25) is 5.95 Å². The summed E-state index contributed by atoms with van der Waals surface area (Å²) < 4.78 is 0. The van der Waals surface area contributed by atoms with E-state index in [-0.39, 0.29) is 0 Å². The molecule has 6 heteroatoms. The first-order valence-electron chi connectivity index (χ1n) is 9.37. The van der Waals surface area contributed by atoms with Crippen LogP contribution in [-0.2, 0) is 0 Å². The Hall–Kier alpha value is -3.18. The summed E-state index contributed by atoms with van der Waals surface area (Å²) in [4.78, 5) is 6.74. The van der Waals surface area contributed by atoms with Gasteiger partial charge >= 0.3 is 0 Å². The third kappa shape index (κ3) is 4.00. The molecule has 0 amide bonds. The molecule has 0 fully saturated rings. The molecular weight excluding hydrogens is 382 g/mol. The van der Waals surface area contributed by atoms with Gasteiger partial charge in [-0.25, -0.2) is 4.98 Å². The molecule has 0 aliphatic carbocycles. The summed E-state index contributed by atoms with van der Waals surface area (Å²) >= 11 is 6.42. The second-order valence-corrected chi connectivity index (χ2v) is 7.76. The van der Waals surface area contributed by atoms with Crippen molar-refractivity contribution in [1.82, 2.24) is 15.2 Å². The van der Waals surface area contributed by atoms with E-state index in [1.54, 1.807) is 0 Å². The maximum absolute atomic E-state index is 6.42. The van der Waals surface area contributed by atoms with Crippen LogP contribution in [0.4, 0.5) is 17.3 Å². The van der Waals surface area contributed by atoms with E-state index in [1.807, 2.05) is 68.4 Å². The Balaban J connectivity index is 1.71. The molecule has 0 saturated heterocycles. The average Bonchev–Trinajstić information content (AvgIpc) is 2.70. The number of hydrogen-bond acceptors (Lipinski definition) is 5. The summed E-state index contributed by atoms with van der Waals surface area (Å²) in [6.45, 7) is 4.08. The fourth-order valence-electron chi connectivity index (χ4n) is 3.27. The minimum absolute atomic E-state index is 0.470. The topological polar surface area (TPSA) is 53.9 Å². The van der Waals surface area contributed by atoms with Crippen LogP contribution in [0.1, 0.15) is 11.1 Å². The molecule has 0 spiro atoms. The summed E-state index contributed by atoms with van der Waals surface area (Å²) in [6.07, 6.45) is 0. The lowest BCUT2D eigenvalue weighted by molar-refractivity contribution is 1.03. The maximum Gasteiger partial charge on any atom is 0.247 e. The number of fused-ring (bicyclic) bond motifs is 1. The van der Waals surface area contributed by atoms with Crippen LogP contribution in [0.5, 0.6) is 0 Å². The first-order valence-corrected chi connectivity index (χ1v) is 9.74. The molecule has 0 aliphatic heterocycles. The van der Waals surface area contributed by atoms with Crippen molar-refractivity contribution in [2.24, 2.45) is 0 Å². The normalized spacial score (nSPS) is 10.9. The molecule has 0 unspecified atom stereocenters. The number of benzene rings is 3. The lowest BCUT2D eigenvalue weighted by atomic mass is 10.0. The monoisotopic (exact) mass is 403 g/mol. The summed E-state index contributed by atoms with van der Waals surface area (Å²) in [5, 5.41) is 12.6. The predicted molar refractivity (Wildman–Crippen MR) is 121 cm³/mol. The molecule has 4 aromatic rings. The SMILES string of the molecule is Cc1ccc(Cl)c(-c2cc(C)c3nc(Nc4cccc(N(C)C)c4)nnc3c2)c1. The standard InChI is InChI=1S/C23H22ClN5/c1-14-8-9-20(24)19(10-14)16-11-15(2)22-21(12-16)27-28-23(26-22)25-17-6-5-7-18(13-17)29(3)4/h5-13H,1-4H3,(H,25,26,28). The largest absolute Gasteiger partial charge is 0.378 e. The second kappa shape index (κ2) is 7.68. The van der Waals surface area contributed by atoms with Gasteiger partial charge in [0, 0.05) is 36.1 Å². The van der Waals surface area contributed by atoms with Crippen LogP contribution in [0.3, 0.4) is 0 Å². The van der Waals surface area contributed by atoms with E-state index in [9.17, 15) is 0 Å². The molecule has 1 N–H and O–H groups in total. The van der Waals surface area contributed by atoms with Crippen molar-refractivity contribution < 1.29 is 0 Å². The molecule has 1 heterocycles. The van der Waals surface area contributed by atoms with Crippen LogP contribution in [0.15, 0.2) is 54.6 Å². The highest BCUT2D eigenvalue weighted by Crippen LogP contribution is 2.32. The smallest absolute Gasteiger partial charge is 0.247 e. The van der Waals surface area contributed by atoms with Gasteiger partial charge in [0.15, 0.2) is 0 Å². The number of anilines is 3. The van der Waals surface area contributed by atoms with Crippen molar-refractivity contribution in [3.05, 3.63) is 70.7 Å². The molecule has 3 aromatic carbocycles. The van der Waals surface area contributed by atoms with E-state index in [0.717, 1.165) is 44.7 Å². The second-order valence-electron chi connectivity index (χ2n) is 7.35. The van der Waals surface area contributed by atoms with Gasteiger partial charge in [-0.3, -0.25) is 0 Å². The number of aryl methyl sites for hydroxylation is 2. The van der Waals surface area contributed by atoms with Gasteiger partial charge < -0.3 is 10.2 Å². The molecule has 4 rings (SSSR count). The van der Waals surface area contributed by atoms with Gasteiger partial charge in [0.1, 0.15) is 5.52 Å². The zero-order valence-electron chi connectivity index (χ0n) is 16.9.